The average Bonchev–Trinajstić information content (AvgIpc) is 2.65. The Labute approximate surface area is 104 Å². The van der Waals surface area contributed by atoms with Crippen LogP contribution in [0.2, 0.25) is 0 Å². The highest BCUT2D eigenvalue weighted by molar-refractivity contribution is 5.47. The quantitative estimate of drug-likeness (QED) is 0.609. The zero-order chi connectivity index (χ0) is 12.9. The Morgan fingerprint density at radius 3 is 3.00 bits per heavy atom. The van der Waals surface area contributed by atoms with Gasteiger partial charge in [-0.2, -0.15) is 5.48 Å². The van der Waals surface area contributed by atoms with Gasteiger partial charge in [-0.3, -0.25) is 15.0 Å². The first-order valence-electron chi connectivity index (χ1n) is 5.84. The normalized spacial score (nSPS) is 28.1. The van der Waals surface area contributed by atoms with Crippen LogP contribution >= 0.6 is 0 Å². The summed E-state index contributed by atoms with van der Waals surface area (Å²) in [5.74, 6) is 0.836. The fourth-order valence-electron chi connectivity index (χ4n) is 2.56. The number of nitrogens with zero attached hydrogens (tertiary/aromatic N) is 1. The summed E-state index contributed by atoms with van der Waals surface area (Å²) >= 11 is 0. The number of hydrogen-bond donors (Lipinski definition) is 1. The van der Waals surface area contributed by atoms with Crippen molar-refractivity contribution >= 4 is 5.69 Å². The lowest BCUT2D eigenvalue weighted by molar-refractivity contribution is -0.385. The summed E-state index contributed by atoms with van der Waals surface area (Å²) in [6.07, 6.45) is 0. The van der Waals surface area contributed by atoms with Crippen molar-refractivity contribution < 1.29 is 14.5 Å². The fourth-order valence-corrected chi connectivity index (χ4v) is 2.56. The van der Waals surface area contributed by atoms with Crippen LogP contribution in [-0.4, -0.2) is 17.1 Å². The lowest BCUT2D eigenvalue weighted by Gasteiger charge is -2.31. The van der Waals surface area contributed by atoms with E-state index >= 15 is 0 Å². The second-order valence-corrected chi connectivity index (χ2v) is 5.20. The molecule has 0 aromatic heterocycles. The molecule has 6 heteroatoms. The summed E-state index contributed by atoms with van der Waals surface area (Å²) in [6, 6.07) is 4.62. The predicted molar refractivity (Wildman–Crippen MR) is 63.1 cm³/mol. The molecule has 0 unspecified atom stereocenters. The van der Waals surface area contributed by atoms with Crippen molar-refractivity contribution in [1.29, 1.82) is 0 Å². The van der Waals surface area contributed by atoms with E-state index in [1.54, 1.807) is 12.1 Å². The van der Waals surface area contributed by atoms with Crippen molar-refractivity contribution in [1.82, 2.24) is 5.48 Å². The molecule has 1 aromatic rings. The Balaban J connectivity index is 2.04. The van der Waals surface area contributed by atoms with Crippen LogP contribution in [0.1, 0.15) is 25.5 Å². The van der Waals surface area contributed by atoms with Gasteiger partial charge in [-0.15, -0.1) is 0 Å². The van der Waals surface area contributed by atoms with Gasteiger partial charge in [0.15, 0.2) is 0 Å². The van der Waals surface area contributed by atoms with Crippen LogP contribution in [-0.2, 0) is 4.84 Å². The number of non-ortho nitro benzene ring substituents is 1. The SMILES string of the molecule is CC1(C)ON[C@H]2c3cc([N+](=O)[O-])ccc3OC[C@H]21. The molecule has 1 saturated heterocycles. The first kappa shape index (κ1) is 11.4. The smallest absolute Gasteiger partial charge is 0.270 e. The lowest BCUT2D eigenvalue weighted by atomic mass is 9.82. The van der Waals surface area contributed by atoms with Gasteiger partial charge in [0.2, 0.25) is 0 Å². The van der Waals surface area contributed by atoms with Gasteiger partial charge in [-0.1, -0.05) is 0 Å². The molecule has 1 fully saturated rings. The molecule has 0 amide bonds. The molecular formula is C12H14N2O4. The standard InChI is InChI=1S/C12H14N2O4/c1-12(2)9-6-17-10-4-3-7(14(15)16)5-8(10)11(9)13-18-12/h3-5,9,11,13H,6H2,1-2H3/t9-,11+/m1/s1. The number of ether oxygens (including phenoxy) is 1. The molecule has 1 aromatic carbocycles. The number of hydroxylamine groups is 1. The van der Waals surface area contributed by atoms with E-state index in [0.717, 1.165) is 5.56 Å². The highest BCUT2D eigenvalue weighted by Gasteiger charge is 2.48. The highest BCUT2D eigenvalue weighted by Crippen LogP contribution is 2.46. The molecule has 2 aliphatic heterocycles. The summed E-state index contributed by atoms with van der Waals surface area (Å²) < 4.78 is 5.67. The van der Waals surface area contributed by atoms with E-state index in [1.165, 1.54) is 6.07 Å². The maximum absolute atomic E-state index is 10.8. The first-order chi connectivity index (χ1) is 8.49. The van der Waals surface area contributed by atoms with E-state index in [9.17, 15) is 10.1 Å². The molecule has 6 nitrogen and oxygen atoms in total. The van der Waals surface area contributed by atoms with Crippen molar-refractivity contribution in [3.8, 4) is 5.75 Å². The Morgan fingerprint density at radius 1 is 1.50 bits per heavy atom. The monoisotopic (exact) mass is 250 g/mol. The van der Waals surface area contributed by atoms with E-state index in [2.05, 4.69) is 5.48 Å². The first-order valence-corrected chi connectivity index (χ1v) is 5.84. The third kappa shape index (κ3) is 1.57. The molecule has 0 spiro atoms. The van der Waals surface area contributed by atoms with Gasteiger partial charge in [0, 0.05) is 23.6 Å². The molecule has 2 atom stereocenters. The Hall–Kier alpha value is -1.66. The zero-order valence-electron chi connectivity index (χ0n) is 10.2. The molecule has 1 N–H and O–H groups in total. The van der Waals surface area contributed by atoms with Crippen LogP contribution in [0.4, 0.5) is 5.69 Å². The van der Waals surface area contributed by atoms with Gasteiger partial charge in [0.05, 0.1) is 23.2 Å². The molecule has 2 aliphatic rings. The number of nitro benzene ring substituents is 1. The maximum atomic E-state index is 10.8. The van der Waals surface area contributed by atoms with Crippen LogP contribution < -0.4 is 10.2 Å². The number of hydrogen-bond acceptors (Lipinski definition) is 5. The second-order valence-electron chi connectivity index (χ2n) is 5.20. The lowest BCUT2D eigenvalue weighted by Crippen LogP contribution is -2.36. The number of benzene rings is 1. The number of rotatable bonds is 1. The Kier molecular flexibility index (Phi) is 2.33. The van der Waals surface area contributed by atoms with Gasteiger partial charge in [-0.25, -0.2) is 0 Å². The van der Waals surface area contributed by atoms with Crippen molar-refractivity contribution in [2.45, 2.75) is 25.5 Å². The second kappa shape index (κ2) is 3.66. The van der Waals surface area contributed by atoms with E-state index < -0.39 is 4.92 Å². The number of nitrogens with one attached hydrogen (secondary N) is 1. The van der Waals surface area contributed by atoms with Crippen LogP contribution in [0, 0.1) is 16.0 Å². The number of nitro groups is 1. The number of fused-ring (bicyclic) bond motifs is 3. The highest BCUT2D eigenvalue weighted by atomic mass is 16.7. The van der Waals surface area contributed by atoms with Crippen LogP contribution in [0.25, 0.3) is 0 Å². The van der Waals surface area contributed by atoms with Crippen molar-refractivity contribution in [3.63, 3.8) is 0 Å². The molecule has 96 valence electrons. The minimum Gasteiger partial charge on any atom is -0.493 e. The van der Waals surface area contributed by atoms with Gasteiger partial charge in [0.25, 0.3) is 5.69 Å². The van der Waals surface area contributed by atoms with E-state index in [4.69, 9.17) is 9.57 Å². The molecule has 0 aliphatic carbocycles. The predicted octanol–water partition coefficient (Wildman–Crippen LogP) is 1.96. The third-order valence-corrected chi connectivity index (χ3v) is 3.70. The molecule has 0 saturated carbocycles. The van der Waals surface area contributed by atoms with Gasteiger partial charge in [0.1, 0.15) is 5.75 Å². The Morgan fingerprint density at radius 2 is 2.28 bits per heavy atom. The summed E-state index contributed by atoms with van der Waals surface area (Å²) in [5.41, 5.74) is 3.50. The van der Waals surface area contributed by atoms with Crippen LogP contribution in [0.15, 0.2) is 18.2 Å². The third-order valence-electron chi connectivity index (χ3n) is 3.70. The van der Waals surface area contributed by atoms with Gasteiger partial charge < -0.3 is 4.74 Å². The van der Waals surface area contributed by atoms with Gasteiger partial charge >= 0.3 is 0 Å². The minimum atomic E-state index is -0.398. The van der Waals surface area contributed by atoms with E-state index in [0.29, 0.717) is 12.4 Å². The van der Waals surface area contributed by atoms with Crippen molar-refractivity contribution in [2.24, 2.45) is 5.92 Å². The molecule has 18 heavy (non-hydrogen) atoms. The Bertz CT molecular complexity index is 515. The fraction of sp³-hybridized carbons (Fsp3) is 0.500. The molecule has 0 bridgehead atoms. The maximum Gasteiger partial charge on any atom is 0.270 e. The van der Waals surface area contributed by atoms with Crippen molar-refractivity contribution in [2.75, 3.05) is 6.61 Å². The topological polar surface area (TPSA) is 73.6 Å². The zero-order valence-corrected chi connectivity index (χ0v) is 10.2. The van der Waals surface area contributed by atoms with Gasteiger partial charge in [-0.05, 0) is 19.9 Å². The molecular weight excluding hydrogens is 236 g/mol. The minimum absolute atomic E-state index is 0.0522. The summed E-state index contributed by atoms with van der Waals surface area (Å²) in [7, 11) is 0. The van der Waals surface area contributed by atoms with Crippen molar-refractivity contribution in [3.05, 3.63) is 33.9 Å². The van der Waals surface area contributed by atoms with E-state index in [1.807, 2.05) is 13.8 Å². The molecule has 2 heterocycles. The molecule has 0 radical (unpaired) electrons. The summed E-state index contributed by atoms with van der Waals surface area (Å²) in [6.45, 7) is 4.52. The van der Waals surface area contributed by atoms with Crippen LogP contribution in [0.5, 0.6) is 5.75 Å². The molecule has 3 rings (SSSR count). The summed E-state index contributed by atoms with van der Waals surface area (Å²) in [5, 5.41) is 10.8. The average molecular weight is 250 g/mol. The van der Waals surface area contributed by atoms with E-state index in [-0.39, 0.29) is 23.2 Å². The summed E-state index contributed by atoms with van der Waals surface area (Å²) in [4.78, 5) is 16.0. The largest absolute Gasteiger partial charge is 0.493 e. The van der Waals surface area contributed by atoms with Crippen LogP contribution in [0.3, 0.4) is 0 Å².